The highest BCUT2D eigenvalue weighted by atomic mass is 16.5. The number of hydrogen-bond donors (Lipinski definition) is 2. The Morgan fingerprint density at radius 2 is 2.05 bits per heavy atom. The highest BCUT2D eigenvalue weighted by Crippen LogP contribution is 2.20. The summed E-state index contributed by atoms with van der Waals surface area (Å²) in [7, 11) is 1.32. The fourth-order valence-electron chi connectivity index (χ4n) is 1.74. The number of rotatable bonds is 5. The molecule has 0 bridgehead atoms. The molecule has 0 aliphatic heterocycles. The maximum absolute atomic E-state index is 11.7. The van der Waals surface area contributed by atoms with Gasteiger partial charge < -0.3 is 15.4 Å². The number of esters is 1. The van der Waals surface area contributed by atoms with Crippen LogP contribution in [0.1, 0.15) is 24.5 Å². The third-order valence-electron chi connectivity index (χ3n) is 2.82. The average molecular weight is 264 g/mol. The summed E-state index contributed by atoms with van der Waals surface area (Å²) in [6.45, 7) is 4.24. The van der Waals surface area contributed by atoms with E-state index < -0.39 is 0 Å². The number of carbonyl (C=O) groups is 2. The van der Waals surface area contributed by atoms with E-state index >= 15 is 0 Å². The van der Waals surface area contributed by atoms with Crippen LogP contribution in [0.2, 0.25) is 0 Å². The number of nitrogens with one attached hydrogen (secondary N) is 2. The van der Waals surface area contributed by atoms with Crippen LogP contribution in [0, 0.1) is 6.92 Å². The van der Waals surface area contributed by atoms with Crippen LogP contribution in [0.15, 0.2) is 18.2 Å². The van der Waals surface area contributed by atoms with Crippen LogP contribution < -0.4 is 10.6 Å². The molecular weight excluding hydrogens is 244 g/mol. The molecule has 5 heteroatoms. The molecule has 1 aromatic carbocycles. The molecule has 0 aliphatic carbocycles. The molecule has 0 saturated heterocycles. The number of anilines is 1. The molecule has 0 aromatic heterocycles. The summed E-state index contributed by atoms with van der Waals surface area (Å²) >= 11 is 0. The maximum Gasteiger partial charge on any atom is 0.319 e. The molecule has 1 aromatic rings. The monoisotopic (exact) mass is 264 g/mol. The lowest BCUT2D eigenvalue weighted by Gasteiger charge is -2.13. The largest absolute Gasteiger partial charge is 0.469 e. The highest BCUT2D eigenvalue weighted by molar-refractivity contribution is 5.91. The zero-order valence-corrected chi connectivity index (χ0v) is 11.6. The molecule has 0 atom stereocenters. The van der Waals surface area contributed by atoms with Gasteiger partial charge in [-0.05, 0) is 24.5 Å². The minimum atomic E-state index is -0.342. The van der Waals surface area contributed by atoms with Gasteiger partial charge in [0.25, 0.3) is 0 Å². The van der Waals surface area contributed by atoms with E-state index in [0.29, 0.717) is 0 Å². The quantitative estimate of drug-likeness (QED) is 0.801. The van der Waals surface area contributed by atoms with Crippen molar-refractivity contribution < 1.29 is 14.3 Å². The third-order valence-corrected chi connectivity index (χ3v) is 2.82. The van der Waals surface area contributed by atoms with Crippen molar-refractivity contribution in [2.24, 2.45) is 0 Å². The van der Waals surface area contributed by atoms with E-state index in [0.717, 1.165) is 23.2 Å². The molecule has 2 N–H and O–H groups in total. The van der Waals surface area contributed by atoms with Crippen LogP contribution in [0.4, 0.5) is 10.5 Å². The van der Waals surface area contributed by atoms with E-state index in [1.165, 1.54) is 7.11 Å². The summed E-state index contributed by atoms with van der Waals surface area (Å²) < 4.78 is 4.50. The molecule has 0 saturated carbocycles. The number of aryl methyl sites for hydroxylation is 2. The Morgan fingerprint density at radius 1 is 1.32 bits per heavy atom. The first-order valence-corrected chi connectivity index (χ1v) is 6.28. The fourth-order valence-corrected chi connectivity index (χ4v) is 1.74. The van der Waals surface area contributed by atoms with Crippen LogP contribution >= 0.6 is 0 Å². The summed E-state index contributed by atoms with van der Waals surface area (Å²) in [5.41, 5.74) is 2.94. The Morgan fingerprint density at radius 3 is 2.68 bits per heavy atom. The van der Waals surface area contributed by atoms with Crippen molar-refractivity contribution in [2.45, 2.75) is 26.7 Å². The average Bonchev–Trinajstić information content (AvgIpc) is 2.40. The highest BCUT2D eigenvalue weighted by Gasteiger charge is 2.08. The van der Waals surface area contributed by atoms with Gasteiger partial charge in [0.15, 0.2) is 0 Å². The van der Waals surface area contributed by atoms with Gasteiger partial charge in [0, 0.05) is 12.2 Å². The molecule has 1 rings (SSSR count). The van der Waals surface area contributed by atoms with Gasteiger partial charge in [-0.25, -0.2) is 4.79 Å². The first-order chi connectivity index (χ1) is 9.08. The lowest BCUT2D eigenvalue weighted by atomic mass is 10.1. The summed E-state index contributed by atoms with van der Waals surface area (Å²) in [6, 6.07) is 5.59. The van der Waals surface area contributed by atoms with Gasteiger partial charge in [-0.1, -0.05) is 25.1 Å². The Hall–Kier alpha value is -2.04. The molecule has 5 nitrogen and oxygen atoms in total. The lowest BCUT2D eigenvalue weighted by molar-refractivity contribution is -0.140. The van der Waals surface area contributed by atoms with Gasteiger partial charge in [-0.3, -0.25) is 4.79 Å². The Labute approximate surface area is 113 Å². The normalized spacial score (nSPS) is 9.84. The van der Waals surface area contributed by atoms with Crippen molar-refractivity contribution in [2.75, 3.05) is 19.0 Å². The Kier molecular flexibility index (Phi) is 5.85. The van der Waals surface area contributed by atoms with Crippen molar-refractivity contribution >= 4 is 17.7 Å². The second-order valence-electron chi connectivity index (χ2n) is 4.17. The van der Waals surface area contributed by atoms with Crippen molar-refractivity contribution in [3.05, 3.63) is 29.3 Å². The minimum absolute atomic E-state index is 0.165. The van der Waals surface area contributed by atoms with Crippen LogP contribution in [0.3, 0.4) is 0 Å². The summed E-state index contributed by atoms with van der Waals surface area (Å²) in [5, 5.41) is 5.44. The number of amides is 2. The predicted octanol–water partition coefficient (Wildman–Crippen LogP) is 2.24. The van der Waals surface area contributed by atoms with Crippen LogP contribution in [0.25, 0.3) is 0 Å². The van der Waals surface area contributed by atoms with E-state index in [1.807, 2.05) is 32.0 Å². The maximum atomic E-state index is 11.7. The molecular formula is C14H20N2O3. The number of ether oxygens (including phenoxy) is 1. The van der Waals surface area contributed by atoms with E-state index in [-0.39, 0.29) is 25.0 Å². The predicted molar refractivity (Wildman–Crippen MR) is 74.2 cm³/mol. The van der Waals surface area contributed by atoms with Gasteiger partial charge >= 0.3 is 12.0 Å². The van der Waals surface area contributed by atoms with Gasteiger partial charge in [0.2, 0.25) is 0 Å². The summed E-state index contributed by atoms with van der Waals surface area (Å²) in [6.07, 6.45) is 1.01. The molecule has 19 heavy (non-hydrogen) atoms. The van der Waals surface area contributed by atoms with Crippen LogP contribution in [-0.4, -0.2) is 25.7 Å². The van der Waals surface area contributed by atoms with Gasteiger partial charge in [-0.15, -0.1) is 0 Å². The number of hydrogen-bond acceptors (Lipinski definition) is 3. The van der Waals surface area contributed by atoms with Crippen molar-refractivity contribution in [3.63, 3.8) is 0 Å². The second kappa shape index (κ2) is 7.41. The Bertz CT molecular complexity index is 458. The summed E-state index contributed by atoms with van der Waals surface area (Å²) in [5.74, 6) is -0.342. The smallest absolute Gasteiger partial charge is 0.319 e. The van der Waals surface area contributed by atoms with Crippen molar-refractivity contribution in [3.8, 4) is 0 Å². The van der Waals surface area contributed by atoms with E-state index in [1.54, 1.807) is 0 Å². The molecule has 0 spiro atoms. The molecule has 0 aliphatic rings. The molecule has 2 amide bonds. The van der Waals surface area contributed by atoms with E-state index in [9.17, 15) is 9.59 Å². The first kappa shape index (κ1) is 15.0. The number of urea groups is 1. The zero-order valence-electron chi connectivity index (χ0n) is 11.6. The topological polar surface area (TPSA) is 67.4 Å². The number of benzene rings is 1. The zero-order chi connectivity index (χ0) is 14.3. The van der Waals surface area contributed by atoms with E-state index in [4.69, 9.17) is 0 Å². The van der Waals surface area contributed by atoms with Crippen molar-refractivity contribution in [1.29, 1.82) is 0 Å². The van der Waals surface area contributed by atoms with E-state index in [2.05, 4.69) is 15.4 Å². The minimum Gasteiger partial charge on any atom is -0.469 e. The molecule has 0 fully saturated rings. The SMILES string of the molecule is CCc1cccc(C)c1NC(=O)NCCC(=O)OC. The van der Waals surface area contributed by atoms with Gasteiger partial charge in [0.05, 0.1) is 13.5 Å². The second-order valence-corrected chi connectivity index (χ2v) is 4.17. The first-order valence-electron chi connectivity index (χ1n) is 6.28. The summed E-state index contributed by atoms with van der Waals surface area (Å²) in [4.78, 5) is 22.6. The fraction of sp³-hybridized carbons (Fsp3) is 0.429. The van der Waals surface area contributed by atoms with Crippen LogP contribution in [-0.2, 0) is 16.0 Å². The standard InChI is InChI=1S/C14H20N2O3/c1-4-11-7-5-6-10(2)13(11)16-14(18)15-9-8-12(17)19-3/h5-7H,4,8-9H2,1-3H3,(H2,15,16,18). The number of para-hydroxylation sites is 1. The van der Waals surface area contributed by atoms with Crippen LogP contribution in [0.5, 0.6) is 0 Å². The molecule has 0 radical (unpaired) electrons. The third kappa shape index (κ3) is 4.62. The van der Waals surface area contributed by atoms with Gasteiger partial charge in [0.1, 0.15) is 0 Å². The number of carbonyl (C=O) groups excluding carboxylic acids is 2. The molecule has 0 heterocycles. The lowest BCUT2D eigenvalue weighted by Crippen LogP contribution is -2.31. The number of methoxy groups -OCH3 is 1. The molecule has 104 valence electrons. The van der Waals surface area contributed by atoms with Gasteiger partial charge in [-0.2, -0.15) is 0 Å². The molecule has 0 unspecified atom stereocenters. The van der Waals surface area contributed by atoms with Crippen molar-refractivity contribution in [1.82, 2.24) is 5.32 Å². The Balaban J connectivity index is 2.55.